The highest BCUT2D eigenvalue weighted by molar-refractivity contribution is 6.30. The molecule has 3 nitrogen and oxygen atoms in total. The second-order valence-corrected chi connectivity index (χ2v) is 5.13. The minimum Gasteiger partial charge on any atom is -0.423 e. The van der Waals surface area contributed by atoms with Gasteiger partial charge in [-0.25, -0.2) is 9.79 Å². The SMILES string of the molecule is CC(=C=NCCc1ccc(Cl)cc1)C(=O)Oc1ccccc1. The summed E-state index contributed by atoms with van der Waals surface area (Å²) >= 11 is 5.83. The van der Waals surface area contributed by atoms with E-state index in [1.807, 2.05) is 42.5 Å². The molecule has 0 aliphatic carbocycles. The number of benzene rings is 2. The molecule has 2 aromatic rings. The van der Waals surface area contributed by atoms with Crippen LogP contribution in [0.4, 0.5) is 0 Å². The Hall–Kier alpha value is -2.35. The molecule has 0 N–H and O–H groups in total. The largest absolute Gasteiger partial charge is 0.423 e. The lowest BCUT2D eigenvalue weighted by atomic mass is 10.1. The molecule has 0 aliphatic heterocycles. The smallest absolute Gasteiger partial charge is 0.348 e. The number of hydrogen-bond donors (Lipinski definition) is 0. The maximum absolute atomic E-state index is 11.8. The Morgan fingerprint density at radius 1 is 1.14 bits per heavy atom. The van der Waals surface area contributed by atoms with Crippen LogP contribution < -0.4 is 4.74 Å². The molecular weight excluding hydrogens is 298 g/mol. The Labute approximate surface area is 134 Å². The molecule has 22 heavy (non-hydrogen) atoms. The van der Waals surface area contributed by atoms with Gasteiger partial charge in [0.05, 0.1) is 12.1 Å². The van der Waals surface area contributed by atoms with Gasteiger partial charge >= 0.3 is 5.97 Å². The quantitative estimate of drug-likeness (QED) is 0.361. The maximum atomic E-state index is 11.8. The second-order valence-electron chi connectivity index (χ2n) is 4.70. The fourth-order valence-electron chi connectivity index (χ4n) is 1.73. The van der Waals surface area contributed by atoms with Crippen molar-refractivity contribution >= 4 is 23.4 Å². The summed E-state index contributed by atoms with van der Waals surface area (Å²) in [6, 6.07) is 16.5. The summed E-state index contributed by atoms with van der Waals surface area (Å²) in [5, 5.41) is 0.714. The molecule has 0 saturated carbocycles. The van der Waals surface area contributed by atoms with Gasteiger partial charge in [-0.3, -0.25) is 0 Å². The zero-order chi connectivity index (χ0) is 15.8. The van der Waals surface area contributed by atoms with Crippen LogP contribution in [0.15, 0.2) is 65.2 Å². The van der Waals surface area contributed by atoms with Crippen LogP contribution in [-0.2, 0) is 11.2 Å². The molecule has 0 aliphatic rings. The first kappa shape index (κ1) is 16.0. The third kappa shape index (κ3) is 5.21. The van der Waals surface area contributed by atoms with Crippen molar-refractivity contribution < 1.29 is 9.53 Å². The van der Waals surface area contributed by atoms with Crippen LogP contribution in [0, 0.1) is 0 Å². The van der Waals surface area contributed by atoms with Gasteiger partial charge in [-0.1, -0.05) is 41.9 Å². The summed E-state index contributed by atoms with van der Waals surface area (Å²) in [6.07, 6.45) is 0.769. The lowest BCUT2D eigenvalue weighted by molar-refractivity contribution is -0.129. The van der Waals surface area contributed by atoms with Gasteiger partial charge in [-0.05, 0) is 49.0 Å². The first-order valence-electron chi connectivity index (χ1n) is 6.93. The molecule has 0 spiro atoms. The van der Waals surface area contributed by atoms with E-state index < -0.39 is 5.97 Å². The number of carbonyl (C=O) groups excluding carboxylic acids is 1. The third-order valence-electron chi connectivity index (χ3n) is 2.93. The van der Waals surface area contributed by atoms with Gasteiger partial charge in [0.15, 0.2) is 0 Å². The number of aliphatic imine (C=N–C) groups is 1. The van der Waals surface area contributed by atoms with E-state index in [1.165, 1.54) is 0 Å². The summed E-state index contributed by atoms with van der Waals surface area (Å²) in [5.41, 5.74) is 1.49. The Kier molecular flexibility index (Phi) is 5.96. The lowest BCUT2D eigenvalue weighted by Crippen LogP contribution is -2.09. The standard InChI is InChI=1S/C18H16ClNO2/c1-14(18(21)22-17-5-3-2-4-6-17)13-20-12-11-15-7-9-16(19)10-8-15/h2-10H,11-12H2,1H3. The monoisotopic (exact) mass is 313 g/mol. The Balaban J connectivity index is 1.87. The Morgan fingerprint density at radius 2 is 1.82 bits per heavy atom. The summed E-state index contributed by atoms with van der Waals surface area (Å²) in [6.45, 7) is 2.19. The fraction of sp³-hybridized carbons (Fsp3) is 0.167. The van der Waals surface area contributed by atoms with Gasteiger partial charge in [-0.15, -0.1) is 0 Å². The first-order valence-corrected chi connectivity index (χ1v) is 7.30. The highest BCUT2D eigenvalue weighted by Crippen LogP contribution is 2.10. The molecule has 0 unspecified atom stereocenters. The molecule has 4 heteroatoms. The molecule has 0 atom stereocenters. The molecule has 0 saturated heterocycles. The second kappa shape index (κ2) is 8.18. The molecular formula is C18H16ClNO2. The van der Waals surface area contributed by atoms with Crippen molar-refractivity contribution in [3.05, 3.63) is 70.8 Å². The summed E-state index contributed by atoms with van der Waals surface area (Å²) in [5.74, 6) is 2.79. The van der Waals surface area contributed by atoms with Gasteiger partial charge < -0.3 is 4.74 Å². The molecule has 0 heterocycles. The number of para-hydroxylation sites is 1. The van der Waals surface area contributed by atoms with Crippen molar-refractivity contribution in [3.8, 4) is 5.75 Å². The van der Waals surface area contributed by atoms with E-state index in [-0.39, 0.29) is 0 Å². The Morgan fingerprint density at radius 3 is 2.50 bits per heavy atom. The fourth-order valence-corrected chi connectivity index (χ4v) is 1.85. The number of esters is 1. The van der Waals surface area contributed by atoms with E-state index in [0.717, 1.165) is 12.0 Å². The van der Waals surface area contributed by atoms with Gasteiger partial charge in [0.1, 0.15) is 5.75 Å². The highest BCUT2D eigenvalue weighted by Gasteiger charge is 2.06. The number of rotatable bonds is 5. The average Bonchev–Trinajstić information content (AvgIpc) is 2.54. The van der Waals surface area contributed by atoms with Crippen molar-refractivity contribution in [1.82, 2.24) is 0 Å². The van der Waals surface area contributed by atoms with E-state index >= 15 is 0 Å². The van der Waals surface area contributed by atoms with Crippen LogP contribution in [0.5, 0.6) is 5.75 Å². The molecule has 0 aromatic heterocycles. The van der Waals surface area contributed by atoms with Gasteiger partial charge in [0.25, 0.3) is 0 Å². The Bertz CT molecular complexity index is 687. The molecule has 0 radical (unpaired) electrons. The predicted molar refractivity (Wildman–Crippen MR) is 88.7 cm³/mol. The van der Waals surface area contributed by atoms with Crippen LogP contribution in [-0.4, -0.2) is 18.4 Å². The molecule has 0 fully saturated rings. The van der Waals surface area contributed by atoms with Crippen LogP contribution in [0.1, 0.15) is 12.5 Å². The van der Waals surface area contributed by atoms with E-state index in [9.17, 15) is 4.79 Å². The zero-order valence-corrected chi connectivity index (χ0v) is 13.0. The predicted octanol–water partition coefficient (Wildman–Crippen LogP) is 4.10. The number of hydrogen-bond acceptors (Lipinski definition) is 3. The van der Waals surface area contributed by atoms with Crippen molar-refractivity contribution in [2.75, 3.05) is 6.54 Å². The van der Waals surface area contributed by atoms with Crippen LogP contribution in [0.2, 0.25) is 5.02 Å². The van der Waals surface area contributed by atoms with Crippen LogP contribution in [0.3, 0.4) is 0 Å². The van der Waals surface area contributed by atoms with Gasteiger partial charge in [-0.2, -0.15) is 0 Å². The number of ether oxygens (including phenoxy) is 1. The van der Waals surface area contributed by atoms with Crippen molar-refractivity contribution in [2.24, 2.45) is 4.99 Å². The summed E-state index contributed by atoms with van der Waals surface area (Å²) < 4.78 is 5.19. The number of halogens is 1. The van der Waals surface area contributed by atoms with Gasteiger partial charge in [0, 0.05) is 5.02 Å². The lowest BCUT2D eigenvalue weighted by Gasteiger charge is -2.01. The minimum atomic E-state index is -0.443. The van der Waals surface area contributed by atoms with Crippen molar-refractivity contribution in [3.63, 3.8) is 0 Å². The number of nitrogens with zero attached hydrogens (tertiary/aromatic N) is 1. The molecule has 0 amide bonds. The highest BCUT2D eigenvalue weighted by atomic mass is 35.5. The molecule has 0 bridgehead atoms. The topological polar surface area (TPSA) is 38.7 Å². The average molecular weight is 314 g/mol. The first-order chi connectivity index (χ1) is 10.6. The third-order valence-corrected chi connectivity index (χ3v) is 3.18. The van der Waals surface area contributed by atoms with E-state index in [4.69, 9.17) is 16.3 Å². The van der Waals surface area contributed by atoms with Crippen molar-refractivity contribution in [2.45, 2.75) is 13.3 Å². The van der Waals surface area contributed by atoms with E-state index in [1.54, 1.807) is 19.1 Å². The minimum absolute atomic E-state index is 0.347. The summed E-state index contributed by atoms with van der Waals surface area (Å²) in [7, 11) is 0. The molecule has 2 aromatic carbocycles. The zero-order valence-electron chi connectivity index (χ0n) is 12.3. The maximum Gasteiger partial charge on any atom is 0.348 e. The van der Waals surface area contributed by atoms with Crippen molar-refractivity contribution in [1.29, 1.82) is 0 Å². The van der Waals surface area contributed by atoms with Gasteiger partial charge in [0.2, 0.25) is 0 Å². The number of carbonyl (C=O) groups is 1. The van der Waals surface area contributed by atoms with Crippen LogP contribution >= 0.6 is 11.6 Å². The van der Waals surface area contributed by atoms with E-state index in [0.29, 0.717) is 22.9 Å². The normalized spacial score (nSPS) is 9.73. The van der Waals surface area contributed by atoms with E-state index in [2.05, 4.69) is 10.9 Å². The molecule has 2 rings (SSSR count). The summed E-state index contributed by atoms with van der Waals surface area (Å²) in [4.78, 5) is 15.9. The molecule has 112 valence electrons. The van der Waals surface area contributed by atoms with Crippen LogP contribution in [0.25, 0.3) is 0 Å².